The van der Waals surface area contributed by atoms with E-state index in [1.807, 2.05) is 19.1 Å². The quantitative estimate of drug-likeness (QED) is 0.742. The molecule has 0 heterocycles. The van der Waals surface area contributed by atoms with Crippen molar-refractivity contribution >= 4 is 29.3 Å². The van der Waals surface area contributed by atoms with Gasteiger partial charge in [0.1, 0.15) is 5.75 Å². The Morgan fingerprint density at radius 1 is 1.08 bits per heavy atom. The SMILES string of the molecule is CCOc1cc(/C=C/C(=O)Nc2cc(Cl)ccc2OC)ccc1OC. The minimum Gasteiger partial charge on any atom is -0.495 e. The van der Waals surface area contributed by atoms with Crippen molar-refractivity contribution in [3.63, 3.8) is 0 Å². The lowest BCUT2D eigenvalue weighted by atomic mass is 10.2. The van der Waals surface area contributed by atoms with Crippen molar-refractivity contribution in [1.82, 2.24) is 0 Å². The molecule has 0 bridgehead atoms. The number of halogens is 1. The van der Waals surface area contributed by atoms with E-state index in [0.717, 1.165) is 5.56 Å². The molecule has 0 aliphatic heterocycles. The van der Waals surface area contributed by atoms with E-state index in [0.29, 0.717) is 34.6 Å². The molecule has 1 amide bonds. The standard InChI is InChI=1S/C19H20ClNO4/c1-4-25-18-11-13(5-8-17(18)24-3)6-10-19(22)21-15-12-14(20)7-9-16(15)23-2/h5-12H,4H2,1-3H3,(H,21,22)/b10-6+. The van der Waals surface area contributed by atoms with E-state index in [-0.39, 0.29) is 5.91 Å². The highest BCUT2D eigenvalue weighted by molar-refractivity contribution is 6.31. The first kappa shape index (κ1) is 18.7. The molecule has 0 aromatic heterocycles. The van der Waals surface area contributed by atoms with Gasteiger partial charge >= 0.3 is 0 Å². The van der Waals surface area contributed by atoms with Gasteiger partial charge < -0.3 is 19.5 Å². The fourth-order valence-corrected chi connectivity index (χ4v) is 2.36. The second kappa shape index (κ2) is 8.99. The largest absolute Gasteiger partial charge is 0.495 e. The number of benzene rings is 2. The summed E-state index contributed by atoms with van der Waals surface area (Å²) >= 11 is 5.96. The number of nitrogens with one attached hydrogen (secondary N) is 1. The Morgan fingerprint density at radius 2 is 1.80 bits per heavy atom. The van der Waals surface area contributed by atoms with E-state index < -0.39 is 0 Å². The number of amides is 1. The van der Waals surface area contributed by atoms with Crippen LogP contribution in [0.2, 0.25) is 5.02 Å². The number of ether oxygens (including phenoxy) is 3. The van der Waals surface area contributed by atoms with Crippen LogP contribution in [-0.4, -0.2) is 26.7 Å². The lowest BCUT2D eigenvalue weighted by molar-refractivity contribution is -0.111. The Morgan fingerprint density at radius 3 is 2.48 bits per heavy atom. The molecule has 0 radical (unpaired) electrons. The molecule has 0 atom stereocenters. The molecular weight excluding hydrogens is 342 g/mol. The summed E-state index contributed by atoms with van der Waals surface area (Å²) in [5.41, 5.74) is 1.33. The van der Waals surface area contributed by atoms with Crippen molar-refractivity contribution in [3.05, 3.63) is 53.1 Å². The molecule has 2 aromatic rings. The van der Waals surface area contributed by atoms with E-state index in [1.54, 1.807) is 37.5 Å². The van der Waals surface area contributed by atoms with Gasteiger partial charge in [-0.25, -0.2) is 0 Å². The maximum Gasteiger partial charge on any atom is 0.248 e. The Labute approximate surface area is 152 Å². The molecule has 25 heavy (non-hydrogen) atoms. The van der Waals surface area contributed by atoms with Gasteiger partial charge in [-0.1, -0.05) is 17.7 Å². The van der Waals surface area contributed by atoms with Crippen LogP contribution in [0.4, 0.5) is 5.69 Å². The Kier molecular flexibility index (Phi) is 6.71. The highest BCUT2D eigenvalue weighted by Crippen LogP contribution is 2.29. The van der Waals surface area contributed by atoms with E-state index in [2.05, 4.69) is 5.32 Å². The molecule has 0 fully saturated rings. The van der Waals surface area contributed by atoms with Gasteiger partial charge in [-0.2, -0.15) is 0 Å². The number of methoxy groups -OCH3 is 2. The van der Waals surface area contributed by atoms with Crippen molar-refractivity contribution in [2.75, 3.05) is 26.1 Å². The van der Waals surface area contributed by atoms with Gasteiger partial charge in [-0.05, 0) is 48.9 Å². The van der Waals surface area contributed by atoms with Crippen molar-refractivity contribution < 1.29 is 19.0 Å². The molecule has 1 N–H and O–H groups in total. The average molecular weight is 362 g/mol. The first-order chi connectivity index (χ1) is 12.1. The van der Waals surface area contributed by atoms with Gasteiger partial charge in [0.05, 0.1) is 26.5 Å². The van der Waals surface area contributed by atoms with E-state index in [1.165, 1.54) is 13.2 Å². The zero-order valence-corrected chi connectivity index (χ0v) is 15.1. The van der Waals surface area contributed by atoms with Crippen LogP contribution in [0.1, 0.15) is 12.5 Å². The minimum absolute atomic E-state index is 0.297. The maximum atomic E-state index is 12.1. The normalized spacial score (nSPS) is 10.6. The highest BCUT2D eigenvalue weighted by atomic mass is 35.5. The number of carbonyl (C=O) groups excluding carboxylic acids is 1. The van der Waals surface area contributed by atoms with E-state index in [9.17, 15) is 4.79 Å². The van der Waals surface area contributed by atoms with Crippen LogP contribution >= 0.6 is 11.6 Å². The van der Waals surface area contributed by atoms with Gasteiger partial charge in [-0.3, -0.25) is 4.79 Å². The monoisotopic (exact) mass is 361 g/mol. The number of hydrogen-bond donors (Lipinski definition) is 1. The number of hydrogen-bond acceptors (Lipinski definition) is 4. The molecule has 0 saturated heterocycles. The molecule has 0 unspecified atom stereocenters. The Bertz CT molecular complexity index is 774. The van der Waals surface area contributed by atoms with Crippen molar-refractivity contribution in [3.8, 4) is 17.2 Å². The summed E-state index contributed by atoms with van der Waals surface area (Å²) in [6.45, 7) is 2.42. The summed E-state index contributed by atoms with van der Waals surface area (Å²) < 4.78 is 16.0. The summed E-state index contributed by atoms with van der Waals surface area (Å²) in [5.74, 6) is 1.51. The van der Waals surface area contributed by atoms with Crippen LogP contribution in [0.5, 0.6) is 17.2 Å². The highest BCUT2D eigenvalue weighted by Gasteiger charge is 2.07. The Balaban J connectivity index is 2.12. The minimum atomic E-state index is -0.297. The van der Waals surface area contributed by atoms with E-state index in [4.69, 9.17) is 25.8 Å². The zero-order valence-electron chi connectivity index (χ0n) is 14.3. The summed E-state index contributed by atoms with van der Waals surface area (Å²) in [4.78, 5) is 12.1. The molecule has 2 aromatic carbocycles. The first-order valence-electron chi connectivity index (χ1n) is 7.70. The second-order valence-corrected chi connectivity index (χ2v) is 5.45. The van der Waals surface area contributed by atoms with Gasteiger partial charge in [0.15, 0.2) is 11.5 Å². The molecule has 6 heteroatoms. The summed E-state index contributed by atoms with van der Waals surface area (Å²) in [6, 6.07) is 10.5. The van der Waals surface area contributed by atoms with Crippen LogP contribution < -0.4 is 19.5 Å². The summed E-state index contributed by atoms with van der Waals surface area (Å²) in [7, 11) is 3.11. The third-order valence-corrected chi connectivity index (χ3v) is 3.57. The van der Waals surface area contributed by atoms with Crippen molar-refractivity contribution in [1.29, 1.82) is 0 Å². The van der Waals surface area contributed by atoms with Crippen LogP contribution in [0.25, 0.3) is 6.08 Å². The predicted molar refractivity (Wildman–Crippen MR) is 99.8 cm³/mol. The fourth-order valence-electron chi connectivity index (χ4n) is 2.19. The van der Waals surface area contributed by atoms with Gasteiger partial charge in [0.2, 0.25) is 5.91 Å². The molecule has 0 spiro atoms. The molecule has 0 saturated carbocycles. The summed E-state index contributed by atoms with van der Waals surface area (Å²) in [5, 5.41) is 3.25. The van der Waals surface area contributed by atoms with Gasteiger partial charge in [-0.15, -0.1) is 0 Å². The lowest BCUT2D eigenvalue weighted by Crippen LogP contribution is -2.08. The smallest absolute Gasteiger partial charge is 0.248 e. The van der Waals surface area contributed by atoms with Crippen LogP contribution in [0, 0.1) is 0 Å². The molecule has 5 nitrogen and oxygen atoms in total. The van der Waals surface area contributed by atoms with Crippen LogP contribution in [0.15, 0.2) is 42.5 Å². The first-order valence-corrected chi connectivity index (χ1v) is 8.08. The van der Waals surface area contributed by atoms with Crippen molar-refractivity contribution in [2.24, 2.45) is 0 Å². The molecule has 132 valence electrons. The predicted octanol–water partition coefficient (Wildman–Crippen LogP) is 4.41. The molecule has 0 aliphatic carbocycles. The molecule has 2 rings (SSSR count). The van der Waals surface area contributed by atoms with Gasteiger partial charge in [0, 0.05) is 11.1 Å². The topological polar surface area (TPSA) is 56.8 Å². The van der Waals surface area contributed by atoms with Crippen LogP contribution in [-0.2, 0) is 4.79 Å². The third kappa shape index (κ3) is 5.16. The number of anilines is 1. The Hall–Kier alpha value is -2.66. The molecule has 0 aliphatic rings. The summed E-state index contributed by atoms with van der Waals surface area (Å²) in [6.07, 6.45) is 3.12. The zero-order chi connectivity index (χ0) is 18.2. The molecular formula is C19H20ClNO4. The fraction of sp³-hybridized carbons (Fsp3) is 0.211. The average Bonchev–Trinajstić information content (AvgIpc) is 2.61. The third-order valence-electron chi connectivity index (χ3n) is 3.33. The van der Waals surface area contributed by atoms with E-state index >= 15 is 0 Å². The van der Waals surface area contributed by atoms with Gasteiger partial charge in [0.25, 0.3) is 0 Å². The van der Waals surface area contributed by atoms with Crippen LogP contribution in [0.3, 0.4) is 0 Å². The van der Waals surface area contributed by atoms with Crippen molar-refractivity contribution in [2.45, 2.75) is 6.92 Å². The maximum absolute atomic E-state index is 12.1. The second-order valence-electron chi connectivity index (χ2n) is 5.01. The lowest BCUT2D eigenvalue weighted by Gasteiger charge is -2.10. The number of rotatable bonds is 7. The number of carbonyl (C=O) groups is 1.